The van der Waals surface area contributed by atoms with Crippen LogP contribution >= 0.6 is 23.7 Å². The minimum atomic E-state index is 0. The van der Waals surface area contributed by atoms with Gasteiger partial charge in [0.2, 0.25) is 5.91 Å². The van der Waals surface area contributed by atoms with Crippen molar-refractivity contribution in [1.29, 1.82) is 0 Å². The summed E-state index contributed by atoms with van der Waals surface area (Å²) in [7, 11) is 0. The number of carbonyl (C=O) groups excluding carboxylic acids is 1. The maximum Gasteiger partial charge on any atom is 0.220 e. The number of halogens is 1. The van der Waals surface area contributed by atoms with Gasteiger partial charge in [-0.05, 0) is 43.6 Å². The van der Waals surface area contributed by atoms with Gasteiger partial charge in [0.1, 0.15) is 0 Å². The van der Waals surface area contributed by atoms with Gasteiger partial charge in [0.25, 0.3) is 0 Å². The molecule has 3 rings (SSSR count). The van der Waals surface area contributed by atoms with Crippen LogP contribution in [0.15, 0.2) is 17.5 Å². The smallest absolute Gasteiger partial charge is 0.220 e. The Bertz CT molecular complexity index is 398. The second kappa shape index (κ2) is 6.73. The summed E-state index contributed by atoms with van der Waals surface area (Å²) in [4.78, 5) is 13.2. The van der Waals surface area contributed by atoms with Crippen LogP contribution in [0.2, 0.25) is 0 Å². The first-order valence-corrected chi connectivity index (χ1v) is 7.75. The van der Waals surface area contributed by atoms with E-state index < -0.39 is 0 Å². The van der Waals surface area contributed by atoms with E-state index in [1.165, 1.54) is 17.7 Å². The minimum Gasteiger partial charge on any atom is -0.353 e. The average Bonchev–Trinajstić information content (AvgIpc) is 2.97. The van der Waals surface area contributed by atoms with E-state index in [9.17, 15) is 4.79 Å². The largest absolute Gasteiger partial charge is 0.353 e. The van der Waals surface area contributed by atoms with Crippen molar-refractivity contribution in [2.75, 3.05) is 0 Å². The van der Waals surface area contributed by atoms with Crippen LogP contribution in [0.25, 0.3) is 0 Å². The van der Waals surface area contributed by atoms with Crippen molar-refractivity contribution in [1.82, 2.24) is 10.6 Å². The summed E-state index contributed by atoms with van der Waals surface area (Å²) in [5, 5.41) is 8.87. The zero-order valence-corrected chi connectivity index (χ0v) is 12.6. The Balaban J connectivity index is 0.00000133. The van der Waals surface area contributed by atoms with Gasteiger partial charge in [-0.2, -0.15) is 0 Å². The fourth-order valence-electron chi connectivity index (χ4n) is 3.17. The van der Waals surface area contributed by atoms with Gasteiger partial charge in [-0.1, -0.05) is 6.07 Å². The first-order chi connectivity index (χ1) is 8.79. The predicted octanol–water partition coefficient (Wildman–Crippen LogP) is 2.50. The Kier molecular flexibility index (Phi) is 5.25. The molecule has 0 radical (unpaired) electrons. The van der Waals surface area contributed by atoms with E-state index in [1.54, 1.807) is 11.3 Å². The predicted molar refractivity (Wildman–Crippen MR) is 81.0 cm³/mol. The highest BCUT2D eigenvalue weighted by molar-refractivity contribution is 7.09. The number of carbonyl (C=O) groups is 1. The Labute approximate surface area is 124 Å². The summed E-state index contributed by atoms with van der Waals surface area (Å²) in [5.41, 5.74) is 0. The van der Waals surface area contributed by atoms with Crippen molar-refractivity contribution in [3.63, 3.8) is 0 Å². The monoisotopic (exact) mass is 300 g/mol. The summed E-state index contributed by atoms with van der Waals surface area (Å²) in [6.45, 7) is 0. The van der Waals surface area contributed by atoms with Crippen LogP contribution in [0.3, 0.4) is 0 Å². The maximum absolute atomic E-state index is 11.9. The summed E-state index contributed by atoms with van der Waals surface area (Å²) in [5.74, 6) is 0.217. The molecule has 2 bridgehead atoms. The summed E-state index contributed by atoms with van der Waals surface area (Å²) < 4.78 is 0. The van der Waals surface area contributed by atoms with Crippen molar-refractivity contribution in [2.45, 2.75) is 56.7 Å². The number of nitrogens with one attached hydrogen (secondary N) is 2. The third-order valence-electron chi connectivity index (χ3n) is 4.02. The van der Waals surface area contributed by atoms with E-state index in [1.807, 2.05) is 6.07 Å². The third kappa shape index (κ3) is 3.94. The Morgan fingerprint density at radius 3 is 2.74 bits per heavy atom. The van der Waals surface area contributed by atoms with E-state index >= 15 is 0 Å². The number of piperidine rings is 1. The van der Waals surface area contributed by atoms with E-state index in [4.69, 9.17) is 0 Å². The van der Waals surface area contributed by atoms with Crippen LogP contribution in [-0.4, -0.2) is 24.0 Å². The lowest BCUT2D eigenvalue weighted by atomic mass is 9.99. The van der Waals surface area contributed by atoms with Crippen molar-refractivity contribution in [3.8, 4) is 0 Å². The summed E-state index contributed by atoms with van der Waals surface area (Å²) in [6.07, 6.45) is 6.29. The summed E-state index contributed by atoms with van der Waals surface area (Å²) in [6, 6.07) is 5.84. The number of rotatable bonds is 4. The molecular weight excluding hydrogens is 280 g/mol. The van der Waals surface area contributed by atoms with Gasteiger partial charge in [0.15, 0.2) is 0 Å². The Morgan fingerprint density at radius 1 is 1.37 bits per heavy atom. The molecule has 2 saturated heterocycles. The quantitative estimate of drug-likeness (QED) is 0.897. The molecule has 2 aliphatic rings. The van der Waals surface area contributed by atoms with Crippen LogP contribution in [-0.2, 0) is 11.2 Å². The Hall–Kier alpha value is -0.580. The molecule has 0 aliphatic carbocycles. The zero-order valence-electron chi connectivity index (χ0n) is 10.9. The maximum atomic E-state index is 11.9. The molecular formula is C14H21ClN2OS. The van der Waals surface area contributed by atoms with E-state index in [-0.39, 0.29) is 18.3 Å². The SMILES string of the molecule is Cl.O=C(CCc1cccs1)NC1CC2CCC(C1)N2. The van der Waals surface area contributed by atoms with Crippen molar-refractivity contribution >= 4 is 29.7 Å². The van der Waals surface area contributed by atoms with Gasteiger partial charge < -0.3 is 10.6 Å². The van der Waals surface area contributed by atoms with Gasteiger partial charge in [0.05, 0.1) is 0 Å². The molecule has 0 spiro atoms. The number of amides is 1. The molecule has 1 aromatic rings. The lowest BCUT2D eigenvalue weighted by molar-refractivity contribution is -0.122. The lowest BCUT2D eigenvalue weighted by Gasteiger charge is -2.29. The second-order valence-corrected chi connectivity index (χ2v) is 6.49. The Morgan fingerprint density at radius 2 is 2.11 bits per heavy atom. The standard InChI is InChI=1S/C14H20N2OS.ClH/c17-14(6-5-13-2-1-7-18-13)16-12-8-10-3-4-11(9-12)15-10;/h1-2,7,10-12,15H,3-6,8-9H2,(H,16,17);1H. The van der Waals surface area contributed by atoms with Crippen LogP contribution in [0, 0.1) is 0 Å². The highest BCUT2D eigenvalue weighted by atomic mass is 35.5. The minimum absolute atomic E-state index is 0. The molecule has 2 atom stereocenters. The number of hydrogen-bond donors (Lipinski definition) is 2. The fraction of sp³-hybridized carbons (Fsp3) is 0.643. The molecule has 2 N–H and O–H groups in total. The van der Waals surface area contributed by atoms with E-state index in [2.05, 4.69) is 22.1 Å². The molecule has 5 heteroatoms. The van der Waals surface area contributed by atoms with Gasteiger partial charge in [-0.3, -0.25) is 4.79 Å². The van der Waals surface area contributed by atoms with E-state index in [0.29, 0.717) is 24.5 Å². The average molecular weight is 301 g/mol. The molecule has 3 heterocycles. The third-order valence-corrected chi connectivity index (χ3v) is 4.95. The highest BCUT2D eigenvalue weighted by Crippen LogP contribution is 2.26. The van der Waals surface area contributed by atoms with Crippen LogP contribution in [0.1, 0.15) is 37.0 Å². The number of fused-ring (bicyclic) bond motifs is 2. The molecule has 1 aromatic heterocycles. The molecule has 1 amide bonds. The molecule has 106 valence electrons. The van der Waals surface area contributed by atoms with Crippen molar-refractivity contribution in [2.24, 2.45) is 0 Å². The zero-order chi connectivity index (χ0) is 12.4. The van der Waals surface area contributed by atoms with Gasteiger partial charge in [-0.15, -0.1) is 23.7 Å². The van der Waals surface area contributed by atoms with Crippen molar-refractivity contribution in [3.05, 3.63) is 22.4 Å². The van der Waals surface area contributed by atoms with Crippen LogP contribution in [0.4, 0.5) is 0 Å². The van der Waals surface area contributed by atoms with Gasteiger partial charge >= 0.3 is 0 Å². The van der Waals surface area contributed by atoms with Crippen LogP contribution in [0.5, 0.6) is 0 Å². The molecule has 0 aromatic carbocycles. The lowest BCUT2D eigenvalue weighted by Crippen LogP contribution is -2.48. The molecule has 19 heavy (non-hydrogen) atoms. The number of hydrogen-bond acceptors (Lipinski definition) is 3. The molecule has 2 aliphatic heterocycles. The topological polar surface area (TPSA) is 41.1 Å². The normalized spacial score (nSPS) is 28.7. The fourth-order valence-corrected chi connectivity index (χ4v) is 3.88. The van der Waals surface area contributed by atoms with E-state index in [0.717, 1.165) is 19.3 Å². The summed E-state index contributed by atoms with van der Waals surface area (Å²) >= 11 is 1.73. The molecule has 3 nitrogen and oxygen atoms in total. The molecule has 2 fully saturated rings. The second-order valence-electron chi connectivity index (χ2n) is 5.45. The molecule has 2 unspecified atom stereocenters. The first-order valence-electron chi connectivity index (χ1n) is 6.87. The number of thiophene rings is 1. The highest BCUT2D eigenvalue weighted by Gasteiger charge is 2.33. The van der Waals surface area contributed by atoms with Crippen molar-refractivity contribution < 1.29 is 4.79 Å². The van der Waals surface area contributed by atoms with Crippen LogP contribution < -0.4 is 10.6 Å². The number of aryl methyl sites for hydroxylation is 1. The van der Waals surface area contributed by atoms with Gasteiger partial charge in [-0.25, -0.2) is 0 Å². The molecule has 0 saturated carbocycles. The first kappa shape index (κ1) is 14.8. The van der Waals surface area contributed by atoms with Gasteiger partial charge in [0, 0.05) is 29.4 Å².